The first kappa shape index (κ1) is 24.2. The van der Waals surface area contributed by atoms with Crippen molar-refractivity contribution in [2.75, 3.05) is 23.8 Å². The van der Waals surface area contributed by atoms with E-state index >= 15 is 0 Å². The van der Waals surface area contributed by atoms with Gasteiger partial charge in [0.2, 0.25) is 11.9 Å². The lowest BCUT2D eigenvalue weighted by atomic mass is 10.1. The quantitative estimate of drug-likeness (QED) is 0.317. The molecule has 7 nitrogen and oxygen atoms in total. The van der Waals surface area contributed by atoms with E-state index in [9.17, 15) is 13.2 Å². The Morgan fingerprint density at radius 2 is 1.55 bits per heavy atom. The number of nitrogens with one attached hydrogen (secondary N) is 2. The molecule has 0 fully saturated rings. The number of unbranched alkanes of at least 4 members (excludes halogenated alkanes) is 3. The Morgan fingerprint density at radius 1 is 0.818 bits per heavy atom. The van der Waals surface area contributed by atoms with Crippen molar-refractivity contribution in [2.45, 2.75) is 38.4 Å². The number of ether oxygens (including phenoxy) is 1. The minimum atomic E-state index is -4.41. The van der Waals surface area contributed by atoms with Crippen LogP contribution in [0.15, 0.2) is 54.6 Å². The summed E-state index contributed by atoms with van der Waals surface area (Å²) in [6, 6.07) is 14.1. The molecular weight excluding hydrogens is 435 g/mol. The average molecular weight is 461 g/mol. The van der Waals surface area contributed by atoms with Gasteiger partial charge >= 0.3 is 12.2 Å². The van der Waals surface area contributed by atoms with Gasteiger partial charge in [-0.25, -0.2) is 0 Å². The molecule has 176 valence electrons. The maximum Gasteiger partial charge on any atom is 0.416 e. The molecule has 0 saturated carbocycles. The predicted molar refractivity (Wildman–Crippen MR) is 119 cm³/mol. The summed E-state index contributed by atoms with van der Waals surface area (Å²) in [5.74, 6) is 1.02. The van der Waals surface area contributed by atoms with Crippen molar-refractivity contribution in [1.29, 1.82) is 0 Å². The van der Waals surface area contributed by atoms with Crippen molar-refractivity contribution < 1.29 is 23.0 Å². The number of aromatic nitrogens is 3. The van der Waals surface area contributed by atoms with Crippen LogP contribution in [0.3, 0.4) is 0 Å². The third-order valence-electron chi connectivity index (χ3n) is 4.64. The lowest BCUT2D eigenvalue weighted by Crippen LogP contribution is -2.11. The van der Waals surface area contributed by atoms with Gasteiger partial charge < -0.3 is 20.5 Å². The first-order valence-electron chi connectivity index (χ1n) is 10.7. The molecule has 0 amide bonds. The highest BCUT2D eigenvalue weighted by molar-refractivity contribution is 5.38. The van der Waals surface area contributed by atoms with Gasteiger partial charge in [0, 0.05) is 19.7 Å². The number of aliphatic hydroxyl groups excluding tert-OH is 1. The fourth-order valence-electron chi connectivity index (χ4n) is 2.98. The van der Waals surface area contributed by atoms with Crippen LogP contribution in [0.1, 0.15) is 36.8 Å². The van der Waals surface area contributed by atoms with Gasteiger partial charge in [-0.3, -0.25) is 0 Å². The molecule has 0 aliphatic carbocycles. The van der Waals surface area contributed by atoms with Crippen LogP contribution in [-0.4, -0.2) is 33.2 Å². The topological polar surface area (TPSA) is 92.2 Å². The van der Waals surface area contributed by atoms with Crippen molar-refractivity contribution in [3.63, 3.8) is 0 Å². The molecule has 0 aliphatic heterocycles. The van der Waals surface area contributed by atoms with Crippen LogP contribution < -0.4 is 15.4 Å². The number of nitrogens with zero attached hydrogens (tertiary/aromatic N) is 3. The lowest BCUT2D eigenvalue weighted by Gasteiger charge is -2.12. The third-order valence-corrected chi connectivity index (χ3v) is 4.64. The molecule has 1 heterocycles. The van der Waals surface area contributed by atoms with Crippen LogP contribution in [0.2, 0.25) is 0 Å². The van der Waals surface area contributed by atoms with Crippen LogP contribution in [0.4, 0.5) is 25.1 Å². The number of aliphatic hydroxyl groups is 1. The summed E-state index contributed by atoms with van der Waals surface area (Å²) >= 11 is 0. The Kier molecular flexibility index (Phi) is 8.82. The highest BCUT2D eigenvalue weighted by Crippen LogP contribution is 2.29. The van der Waals surface area contributed by atoms with Crippen molar-refractivity contribution in [2.24, 2.45) is 0 Å². The molecular formula is C23H26F3N5O2. The largest absolute Gasteiger partial charge is 0.424 e. The number of benzene rings is 2. The van der Waals surface area contributed by atoms with Gasteiger partial charge in [-0.1, -0.05) is 43.2 Å². The minimum Gasteiger partial charge on any atom is -0.424 e. The molecule has 3 rings (SSSR count). The zero-order valence-electron chi connectivity index (χ0n) is 18.0. The van der Waals surface area contributed by atoms with Crippen LogP contribution in [-0.2, 0) is 12.7 Å². The van der Waals surface area contributed by atoms with E-state index in [0.717, 1.165) is 37.8 Å². The molecule has 1 aromatic heterocycles. The minimum absolute atomic E-state index is 0.0607. The van der Waals surface area contributed by atoms with E-state index in [1.807, 2.05) is 18.2 Å². The van der Waals surface area contributed by atoms with Gasteiger partial charge in [-0.15, -0.1) is 0 Å². The number of hydrogen-bond acceptors (Lipinski definition) is 7. The van der Waals surface area contributed by atoms with E-state index in [0.29, 0.717) is 23.8 Å². The zero-order valence-corrected chi connectivity index (χ0v) is 18.0. The van der Waals surface area contributed by atoms with E-state index in [1.165, 1.54) is 6.07 Å². The summed E-state index contributed by atoms with van der Waals surface area (Å²) in [6.07, 6.45) is -0.889. The smallest absolute Gasteiger partial charge is 0.416 e. The molecule has 0 saturated heterocycles. The fraction of sp³-hybridized carbons (Fsp3) is 0.348. The predicted octanol–water partition coefficient (Wildman–Crippen LogP) is 5.26. The van der Waals surface area contributed by atoms with E-state index in [1.54, 1.807) is 18.2 Å². The summed E-state index contributed by atoms with van der Waals surface area (Å²) in [5.41, 5.74) is -0.275. The Morgan fingerprint density at radius 3 is 2.27 bits per heavy atom. The molecule has 3 N–H and O–H groups in total. The van der Waals surface area contributed by atoms with Crippen molar-refractivity contribution >= 4 is 11.9 Å². The molecule has 10 heteroatoms. The summed E-state index contributed by atoms with van der Waals surface area (Å²) in [6.45, 7) is 0.897. The highest BCUT2D eigenvalue weighted by Gasteiger charge is 2.30. The number of hydrogen-bond donors (Lipinski definition) is 3. The monoisotopic (exact) mass is 461 g/mol. The number of anilines is 2. The van der Waals surface area contributed by atoms with Gasteiger partial charge in [0.15, 0.2) is 0 Å². The molecule has 0 aliphatic rings. The van der Waals surface area contributed by atoms with Crippen molar-refractivity contribution in [3.05, 3.63) is 65.7 Å². The molecule has 0 atom stereocenters. The lowest BCUT2D eigenvalue weighted by molar-refractivity contribution is -0.137. The summed E-state index contributed by atoms with van der Waals surface area (Å²) in [5, 5.41) is 14.9. The zero-order chi connectivity index (χ0) is 23.5. The second-order valence-electron chi connectivity index (χ2n) is 7.30. The summed E-state index contributed by atoms with van der Waals surface area (Å²) in [4.78, 5) is 12.8. The maximum atomic E-state index is 13.0. The number of halogens is 3. The van der Waals surface area contributed by atoms with E-state index < -0.39 is 11.7 Å². The fourth-order valence-corrected chi connectivity index (χ4v) is 2.98. The Bertz CT molecular complexity index is 1000. The standard InChI is InChI=1S/C23H26F3N5O2/c24-23(25,26)18-10-8-9-17(15-18)16-28-21-29-20(27-13-6-1-2-7-14-32)30-22(31-21)33-19-11-4-3-5-12-19/h3-5,8-12,15,32H,1-2,6-7,13-14,16H2,(H2,27,28,29,30,31). The third kappa shape index (κ3) is 8.23. The van der Waals surface area contributed by atoms with Crippen LogP contribution in [0.25, 0.3) is 0 Å². The number of alkyl halides is 3. The summed E-state index contributed by atoms with van der Waals surface area (Å²) in [7, 11) is 0. The molecule has 0 spiro atoms. The first-order chi connectivity index (χ1) is 15.9. The van der Waals surface area contributed by atoms with Gasteiger partial charge in [-0.2, -0.15) is 28.1 Å². The molecule has 3 aromatic rings. The van der Waals surface area contributed by atoms with Crippen molar-refractivity contribution in [1.82, 2.24) is 15.0 Å². The first-order valence-corrected chi connectivity index (χ1v) is 10.7. The summed E-state index contributed by atoms with van der Waals surface area (Å²) < 4.78 is 44.6. The van der Waals surface area contributed by atoms with Gasteiger partial charge in [0.05, 0.1) is 5.56 Å². The van der Waals surface area contributed by atoms with Crippen LogP contribution >= 0.6 is 0 Å². The van der Waals surface area contributed by atoms with Crippen LogP contribution in [0.5, 0.6) is 11.8 Å². The number of rotatable bonds is 12. The Hall–Kier alpha value is -3.40. The number of para-hydroxylation sites is 1. The maximum absolute atomic E-state index is 13.0. The normalized spacial score (nSPS) is 11.3. The van der Waals surface area contributed by atoms with E-state index in [4.69, 9.17) is 9.84 Å². The Labute approximate surface area is 190 Å². The molecule has 0 bridgehead atoms. The van der Waals surface area contributed by atoms with E-state index in [-0.39, 0.29) is 25.1 Å². The van der Waals surface area contributed by atoms with Crippen LogP contribution in [0, 0.1) is 0 Å². The van der Waals surface area contributed by atoms with Crippen molar-refractivity contribution in [3.8, 4) is 11.8 Å². The molecule has 0 radical (unpaired) electrons. The molecule has 2 aromatic carbocycles. The average Bonchev–Trinajstić information content (AvgIpc) is 2.80. The second-order valence-corrected chi connectivity index (χ2v) is 7.30. The van der Waals surface area contributed by atoms with E-state index in [2.05, 4.69) is 25.6 Å². The molecule has 33 heavy (non-hydrogen) atoms. The SMILES string of the molecule is OCCCCCCNc1nc(NCc2cccc(C(F)(F)F)c2)nc(Oc2ccccc2)n1. The molecule has 0 unspecified atom stereocenters. The van der Waals surface area contributed by atoms with Gasteiger partial charge in [0.1, 0.15) is 5.75 Å². The highest BCUT2D eigenvalue weighted by atomic mass is 19.4. The second kappa shape index (κ2) is 12.0. The van der Waals surface area contributed by atoms with Gasteiger partial charge in [0.25, 0.3) is 0 Å². The van der Waals surface area contributed by atoms with Gasteiger partial charge in [-0.05, 0) is 42.7 Å². The Balaban J connectivity index is 1.70.